The third-order valence-corrected chi connectivity index (χ3v) is 4.24. The fraction of sp³-hybridized carbons (Fsp3) is 0.467. The van der Waals surface area contributed by atoms with Gasteiger partial charge in [-0.2, -0.15) is 0 Å². The third kappa shape index (κ3) is 3.02. The standard InChI is InChI=1S/C15H19ClN4/c1-19(11-13-4-5-17-8-14(13)16)9-12-2-3-15-18-6-7-20(15)10-12/h4-8,12H,2-3,9-11H2,1H3/t12-/m0/s1. The molecular formula is C15H19ClN4. The summed E-state index contributed by atoms with van der Waals surface area (Å²) in [4.78, 5) is 10.7. The summed E-state index contributed by atoms with van der Waals surface area (Å²) in [5, 5.41) is 0.750. The van der Waals surface area contributed by atoms with Crippen molar-refractivity contribution in [2.24, 2.45) is 5.92 Å². The first kappa shape index (κ1) is 13.6. The first-order valence-electron chi connectivity index (χ1n) is 6.99. The number of hydrogen-bond acceptors (Lipinski definition) is 3. The number of aryl methyl sites for hydroxylation is 1. The van der Waals surface area contributed by atoms with Gasteiger partial charge >= 0.3 is 0 Å². The van der Waals surface area contributed by atoms with Crippen molar-refractivity contribution in [3.05, 3.63) is 47.3 Å². The van der Waals surface area contributed by atoms with Crippen LogP contribution in [0.5, 0.6) is 0 Å². The van der Waals surface area contributed by atoms with Gasteiger partial charge in [0.1, 0.15) is 5.82 Å². The first-order valence-corrected chi connectivity index (χ1v) is 7.37. The van der Waals surface area contributed by atoms with Crippen molar-refractivity contribution in [3.8, 4) is 0 Å². The lowest BCUT2D eigenvalue weighted by Gasteiger charge is -2.28. The number of aromatic nitrogens is 3. The minimum Gasteiger partial charge on any atom is -0.335 e. The van der Waals surface area contributed by atoms with Crippen LogP contribution in [0.4, 0.5) is 0 Å². The van der Waals surface area contributed by atoms with Crippen LogP contribution in [-0.2, 0) is 19.5 Å². The molecular weight excluding hydrogens is 272 g/mol. The number of pyridine rings is 1. The van der Waals surface area contributed by atoms with E-state index in [0.29, 0.717) is 5.92 Å². The molecule has 0 saturated heterocycles. The monoisotopic (exact) mass is 290 g/mol. The summed E-state index contributed by atoms with van der Waals surface area (Å²) < 4.78 is 2.28. The number of nitrogens with zero attached hydrogens (tertiary/aromatic N) is 4. The van der Waals surface area contributed by atoms with Crippen LogP contribution in [-0.4, -0.2) is 33.0 Å². The summed E-state index contributed by atoms with van der Waals surface area (Å²) in [6.45, 7) is 3.02. The van der Waals surface area contributed by atoms with Crippen molar-refractivity contribution >= 4 is 11.6 Å². The van der Waals surface area contributed by atoms with Crippen LogP contribution in [0.2, 0.25) is 5.02 Å². The predicted molar refractivity (Wildman–Crippen MR) is 79.6 cm³/mol. The Morgan fingerprint density at radius 1 is 1.45 bits per heavy atom. The van der Waals surface area contributed by atoms with Gasteiger partial charge in [-0.3, -0.25) is 4.98 Å². The minimum absolute atomic E-state index is 0.683. The first-order chi connectivity index (χ1) is 9.72. The minimum atomic E-state index is 0.683. The van der Waals surface area contributed by atoms with E-state index in [0.717, 1.165) is 36.6 Å². The third-order valence-electron chi connectivity index (χ3n) is 3.90. The molecule has 5 heteroatoms. The Balaban J connectivity index is 1.58. The summed E-state index contributed by atoms with van der Waals surface area (Å²) in [6, 6.07) is 1.99. The summed E-state index contributed by atoms with van der Waals surface area (Å²) in [5.74, 6) is 1.91. The van der Waals surface area contributed by atoms with Gasteiger partial charge in [-0.15, -0.1) is 0 Å². The summed E-state index contributed by atoms with van der Waals surface area (Å²) in [5.41, 5.74) is 1.14. The van der Waals surface area contributed by atoms with E-state index in [2.05, 4.69) is 32.7 Å². The van der Waals surface area contributed by atoms with Crippen molar-refractivity contribution in [2.75, 3.05) is 13.6 Å². The van der Waals surface area contributed by atoms with Gasteiger partial charge < -0.3 is 9.47 Å². The molecule has 0 amide bonds. The largest absolute Gasteiger partial charge is 0.335 e. The molecule has 0 bridgehead atoms. The molecule has 0 unspecified atom stereocenters. The molecule has 0 saturated carbocycles. The van der Waals surface area contributed by atoms with Gasteiger partial charge in [-0.1, -0.05) is 11.6 Å². The van der Waals surface area contributed by atoms with Crippen LogP contribution >= 0.6 is 11.6 Å². The van der Waals surface area contributed by atoms with Gasteiger partial charge in [0.25, 0.3) is 0 Å². The Morgan fingerprint density at radius 3 is 3.20 bits per heavy atom. The van der Waals surface area contributed by atoms with Crippen molar-refractivity contribution in [2.45, 2.75) is 25.9 Å². The SMILES string of the molecule is CN(Cc1ccncc1Cl)C[C@@H]1CCc2nccn2C1. The van der Waals surface area contributed by atoms with E-state index in [9.17, 15) is 0 Å². The highest BCUT2D eigenvalue weighted by Gasteiger charge is 2.20. The zero-order valence-corrected chi connectivity index (χ0v) is 12.4. The smallest absolute Gasteiger partial charge is 0.108 e. The quantitative estimate of drug-likeness (QED) is 0.868. The van der Waals surface area contributed by atoms with Crippen LogP contribution in [0.15, 0.2) is 30.9 Å². The van der Waals surface area contributed by atoms with Crippen molar-refractivity contribution in [1.82, 2.24) is 19.4 Å². The van der Waals surface area contributed by atoms with E-state index in [1.807, 2.05) is 12.3 Å². The summed E-state index contributed by atoms with van der Waals surface area (Å²) in [6.07, 6.45) is 9.79. The molecule has 1 aliphatic heterocycles. The highest BCUT2D eigenvalue weighted by Crippen LogP contribution is 2.21. The van der Waals surface area contributed by atoms with E-state index in [-0.39, 0.29) is 0 Å². The molecule has 1 aliphatic rings. The lowest BCUT2D eigenvalue weighted by Crippen LogP contribution is -2.31. The van der Waals surface area contributed by atoms with E-state index in [4.69, 9.17) is 11.6 Å². The Bertz CT molecular complexity index is 581. The maximum atomic E-state index is 6.16. The second-order valence-electron chi connectivity index (χ2n) is 5.56. The van der Waals surface area contributed by atoms with E-state index >= 15 is 0 Å². The topological polar surface area (TPSA) is 34.0 Å². The van der Waals surface area contributed by atoms with Gasteiger partial charge in [0.05, 0.1) is 5.02 Å². The molecule has 3 rings (SSSR count). The number of imidazole rings is 1. The van der Waals surface area contributed by atoms with Crippen molar-refractivity contribution in [3.63, 3.8) is 0 Å². The fourth-order valence-corrected chi connectivity index (χ4v) is 3.09. The number of rotatable bonds is 4. The lowest BCUT2D eigenvalue weighted by molar-refractivity contribution is 0.229. The number of fused-ring (bicyclic) bond motifs is 1. The second-order valence-corrected chi connectivity index (χ2v) is 5.97. The van der Waals surface area contributed by atoms with Gasteiger partial charge in [0.2, 0.25) is 0 Å². The zero-order chi connectivity index (χ0) is 13.9. The molecule has 0 aromatic carbocycles. The van der Waals surface area contributed by atoms with Gasteiger partial charge in [0, 0.05) is 50.8 Å². The van der Waals surface area contributed by atoms with Gasteiger partial charge in [-0.05, 0) is 31.0 Å². The molecule has 4 nitrogen and oxygen atoms in total. The lowest BCUT2D eigenvalue weighted by atomic mass is 9.99. The predicted octanol–water partition coefficient (Wildman–Crippen LogP) is 2.63. The molecule has 0 N–H and O–H groups in total. The zero-order valence-electron chi connectivity index (χ0n) is 11.7. The van der Waals surface area contributed by atoms with Gasteiger partial charge in [0.15, 0.2) is 0 Å². The van der Waals surface area contributed by atoms with Crippen molar-refractivity contribution in [1.29, 1.82) is 0 Å². The number of hydrogen-bond donors (Lipinski definition) is 0. The average Bonchev–Trinajstić information content (AvgIpc) is 2.89. The molecule has 0 fully saturated rings. The molecule has 0 spiro atoms. The molecule has 3 heterocycles. The van der Waals surface area contributed by atoms with E-state index in [1.165, 1.54) is 12.2 Å². The summed E-state index contributed by atoms with van der Waals surface area (Å²) >= 11 is 6.16. The van der Waals surface area contributed by atoms with Crippen LogP contribution in [0.25, 0.3) is 0 Å². The fourth-order valence-electron chi connectivity index (χ4n) is 2.91. The molecule has 106 valence electrons. The highest BCUT2D eigenvalue weighted by molar-refractivity contribution is 6.31. The molecule has 0 aliphatic carbocycles. The molecule has 0 radical (unpaired) electrons. The Hall–Kier alpha value is -1.39. The van der Waals surface area contributed by atoms with Crippen LogP contribution in [0.1, 0.15) is 17.8 Å². The maximum absolute atomic E-state index is 6.16. The van der Waals surface area contributed by atoms with Gasteiger partial charge in [-0.25, -0.2) is 4.98 Å². The Morgan fingerprint density at radius 2 is 2.35 bits per heavy atom. The molecule has 2 aromatic rings. The number of halogens is 1. The van der Waals surface area contributed by atoms with Crippen LogP contribution in [0.3, 0.4) is 0 Å². The normalized spacial score (nSPS) is 18.2. The Kier molecular flexibility index (Phi) is 4.03. The highest BCUT2D eigenvalue weighted by atomic mass is 35.5. The molecule has 1 atom stereocenters. The summed E-state index contributed by atoms with van der Waals surface area (Å²) in [7, 11) is 2.15. The van der Waals surface area contributed by atoms with Crippen molar-refractivity contribution < 1.29 is 0 Å². The van der Waals surface area contributed by atoms with Crippen LogP contribution < -0.4 is 0 Å². The van der Waals surface area contributed by atoms with Crippen LogP contribution in [0, 0.1) is 5.92 Å². The molecule has 20 heavy (non-hydrogen) atoms. The maximum Gasteiger partial charge on any atom is 0.108 e. The molecule has 2 aromatic heterocycles. The Labute approximate surface area is 124 Å². The van der Waals surface area contributed by atoms with E-state index < -0.39 is 0 Å². The van der Waals surface area contributed by atoms with E-state index in [1.54, 1.807) is 12.4 Å². The second kappa shape index (κ2) is 5.94. The average molecular weight is 291 g/mol.